The summed E-state index contributed by atoms with van der Waals surface area (Å²) in [6.07, 6.45) is 1.50. The highest BCUT2D eigenvalue weighted by atomic mass is 19.2. The molecule has 0 fully saturated rings. The van der Waals surface area contributed by atoms with Crippen molar-refractivity contribution in [2.75, 3.05) is 7.11 Å². The van der Waals surface area contributed by atoms with Crippen molar-refractivity contribution in [2.45, 2.75) is 26.0 Å². The molecule has 0 bridgehead atoms. The van der Waals surface area contributed by atoms with Crippen LogP contribution in [0.25, 0.3) is 5.65 Å². The molecular formula is C26H22F3N3O4. The molecule has 10 heteroatoms. The zero-order valence-electron chi connectivity index (χ0n) is 19.4. The van der Waals surface area contributed by atoms with Crippen LogP contribution in [-0.2, 0) is 16.1 Å². The summed E-state index contributed by atoms with van der Waals surface area (Å²) >= 11 is 0. The van der Waals surface area contributed by atoms with Gasteiger partial charge in [-0.2, -0.15) is 0 Å². The first kappa shape index (κ1) is 24.8. The van der Waals surface area contributed by atoms with Crippen LogP contribution in [0.2, 0.25) is 0 Å². The van der Waals surface area contributed by atoms with E-state index in [4.69, 9.17) is 9.47 Å². The van der Waals surface area contributed by atoms with Crippen molar-refractivity contribution in [3.63, 3.8) is 0 Å². The quantitative estimate of drug-likeness (QED) is 0.283. The van der Waals surface area contributed by atoms with Crippen molar-refractivity contribution < 1.29 is 32.2 Å². The lowest BCUT2D eigenvalue weighted by Gasteiger charge is -2.18. The van der Waals surface area contributed by atoms with Gasteiger partial charge in [-0.3, -0.25) is 14.0 Å². The Morgan fingerprint density at radius 3 is 2.47 bits per heavy atom. The Bertz CT molecular complexity index is 1420. The predicted octanol–water partition coefficient (Wildman–Crippen LogP) is 4.67. The molecule has 2 heterocycles. The van der Waals surface area contributed by atoms with E-state index in [1.165, 1.54) is 17.6 Å². The minimum Gasteiger partial charge on any atom is -0.485 e. The number of aromatic nitrogens is 2. The molecule has 4 rings (SSSR count). The van der Waals surface area contributed by atoms with E-state index in [0.717, 1.165) is 6.07 Å². The molecule has 2 aromatic carbocycles. The number of aryl methyl sites for hydroxylation is 1. The molecule has 36 heavy (non-hydrogen) atoms. The number of benzene rings is 2. The van der Waals surface area contributed by atoms with Gasteiger partial charge in [0.2, 0.25) is 0 Å². The molecule has 1 amide bonds. The molecule has 0 aliphatic rings. The van der Waals surface area contributed by atoms with Gasteiger partial charge in [0.05, 0.1) is 30.8 Å². The van der Waals surface area contributed by atoms with Crippen molar-refractivity contribution >= 4 is 17.5 Å². The van der Waals surface area contributed by atoms with Gasteiger partial charge in [0.15, 0.2) is 23.0 Å². The highest BCUT2D eigenvalue weighted by Gasteiger charge is 2.24. The van der Waals surface area contributed by atoms with Crippen molar-refractivity contribution in [1.82, 2.24) is 14.7 Å². The van der Waals surface area contributed by atoms with Crippen LogP contribution < -0.4 is 10.1 Å². The first-order valence-electron chi connectivity index (χ1n) is 11.0. The molecule has 0 spiro atoms. The molecule has 1 atom stereocenters. The maximum Gasteiger partial charge on any atom is 0.307 e. The maximum absolute atomic E-state index is 14.0. The number of amides is 1. The highest BCUT2D eigenvalue weighted by Crippen LogP contribution is 2.26. The average Bonchev–Trinajstić information content (AvgIpc) is 3.22. The Morgan fingerprint density at radius 2 is 1.75 bits per heavy atom. The summed E-state index contributed by atoms with van der Waals surface area (Å²) < 4.78 is 53.4. The van der Waals surface area contributed by atoms with Crippen LogP contribution in [0.5, 0.6) is 5.75 Å². The van der Waals surface area contributed by atoms with E-state index in [-0.39, 0.29) is 23.5 Å². The molecule has 0 saturated heterocycles. The van der Waals surface area contributed by atoms with Crippen LogP contribution in [0, 0.1) is 24.4 Å². The van der Waals surface area contributed by atoms with Crippen LogP contribution >= 0.6 is 0 Å². The van der Waals surface area contributed by atoms with Crippen molar-refractivity contribution in [1.29, 1.82) is 0 Å². The normalized spacial score (nSPS) is 11.8. The van der Waals surface area contributed by atoms with Gasteiger partial charge in [0.25, 0.3) is 5.91 Å². The number of ether oxygens (including phenoxy) is 2. The summed E-state index contributed by atoms with van der Waals surface area (Å²) in [6, 6.07) is 12.9. The van der Waals surface area contributed by atoms with Gasteiger partial charge >= 0.3 is 5.97 Å². The van der Waals surface area contributed by atoms with E-state index in [2.05, 4.69) is 10.3 Å². The fourth-order valence-electron chi connectivity index (χ4n) is 3.81. The van der Waals surface area contributed by atoms with E-state index in [1.807, 2.05) is 6.07 Å². The number of nitrogens with zero attached hydrogens (tertiary/aromatic N) is 2. The van der Waals surface area contributed by atoms with Gasteiger partial charge in [-0.15, -0.1) is 0 Å². The number of imidazole rings is 1. The van der Waals surface area contributed by atoms with Gasteiger partial charge < -0.3 is 14.8 Å². The second-order valence-corrected chi connectivity index (χ2v) is 7.94. The average molecular weight is 497 g/mol. The third-order valence-electron chi connectivity index (χ3n) is 5.62. The second kappa shape index (κ2) is 10.5. The van der Waals surface area contributed by atoms with Crippen LogP contribution in [0.3, 0.4) is 0 Å². The molecule has 0 unspecified atom stereocenters. The number of fused-ring (bicyclic) bond motifs is 1. The number of carbonyl (C=O) groups excluding carboxylic acids is 2. The molecule has 0 radical (unpaired) electrons. The van der Waals surface area contributed by atoms with E-state index in [0.29, 0.717) is 17.3 Å². The van der Waals surface area contributed by atoms with Crippen LogP contribution in [0.15, 0.2) is 60.8 Å². The Hall–Kier alpha value is -4.34. The fourth-order valence-corrected chi connectivity index (χ4v) is 3.81. The van der Waals surface area contributed by atoms with Gasteiger partial charge in [-0.25, -0.2) is 18.2 Å². The molecular weight excluding hydrogens is 475 g/mol. The number of nitrogens with one attached hydrogen (secondary N) is 1. The summed E-state index contributed by atoms with van der Waals surface area (Å²) in [7, 11) is 1.27. The third-order valence-corrected chi connectivity index (χ3v) is 5.62. The molecule has 7 nitrogen and oxygen atoms in total. The summed E-state index contributed by atoms with van der Waals surface area (Å²) in [5.41, 5.74) is 0.917. The third kappa shape index (κ3) is 5.02. The number of hydrogen-bond acceptors (Lipinski definition) is 5. The van der Waals surface area contributed by atoms with Gasteiger partial charge in [-0.05, 0) is 36.8 Å². The maximum atomic E-state index is 14.0. The molecule has 0 saturated carbocycles. The van der Waals surface area contributed by atoms with E-state index >= 15 is 0 Å². The van der Waals surface area contributed by atoms with Gasteiger partial charge in [0.1, 0.15) is 18.1 Å². The number of esters is 1. The monoisotopic (exact) mass is 497 g/mol. The molecule has 0 aliphatic carbocycles. The highest BCUT2D eigenvalue weighted by molar-refractivity contribution is 5.95. The van der Waals surface area contributed by atoms with Crippen LogP contribution in [0.4, 0.5) is 13.2 Å². The lowest BCUT2D eigenvalue weighted by Crippen LogP contribution is -2.31. The zero-order chi connectivity index (χ0) is 25.8. The molecule has 2 aromatic heterocycles. The second-order valence-electron chi connectivity index (χ2n) is 7.94. The molecule has 186 valence electrons. The lowest BCUT2D eigenvalue weighted by molar-refractivity contribution is -0.141. The summed E-state index contributed by atoms with van der Waals surface area (Å²) in [5.74, 6) is -4.33. The number of hydrogen-bond donors (Lipinski definition) is 1. The number of methoxy groups -OCH3 is 1. The lowest BCUT2D eigenvalue weighted by atomic mass is 10.0. The predicted molar refractivity (Wildman–Crippen MR) is 124 cm³/mol. The topological polar surface area (TPSA) is 81.9 Å². The number of carbonyl (C=O) groups is 2. The minimum absolute atomic E-state index is 0.0822. The van der Waals surface area contributed by atoms with E-state index < -0.39 is 47.5 Å². The molecule has 1 N–H and O–H groups in total. The molecule has 4 aromatic rings. The minimum atomic E-state index is -1.33. The van der Waals surface area contributed by atoms with Crippen LogP contribution in [0.1, 0.15) is 39.8 Å². The Kier molecular flexibility index (Phi) is 7.23. The summed E-state index contributed by atoms with van der Waals surface area (Å²) in [4.78, 5) is 29.7. The number of halogens is 3. The Morgan fingerprint density at radius 1 is 1.03 bits per heavy atom. The van der Waals surface area contributed by atoms with Crippen molar-refractivity contribution in [2.24, 2.45) is 0 Å². The standard InChI is InChI=1S/C26H22F3N3O4/c1-15-24(26(34)31-20(13-22(33)35-2)16-7-4-3-5-8-16)32-12-6-9-21(25(32)30-15)36-14-17-18(27)10-11-19(28)23(17)29/h3-12,20H,13-14H2,1-2H3,(H,31,34)/t20-/m0/s1. The van der Waals surface area contributed by atoms with Crippen molar-refractivity contribution in [3.05, 3.63) is 101 Å². The van der Waals surface area contributed by atoms with Gasteiger partial charge in [-0.1, -0.05) is 30.3 Å². The van der Waals surface area contributed by atoms with E-state index in [9.17, 15) is 22.8 Å². The largest absolute Gasteiger partial charge is 0.485 e. The molecule has 0 aliphatic heterocycles. The van der Waals surface area contributed by atoms with Gasteiger partial charge in [0, 0.05) is 6.20 Å². The van der Waals surface area contributed by atoms with E-state index in [1.54, 1.807) is 43.5 Å². The first-order valence-corrected chi connectivity index (χ1v) is 11.0. The van der Waals surface area contributed by atoms with Crippen LogP contribution in [-0.4, -0.2) is 28.4 Å². The first-order chi connectivity index (χ1) is 17.3. The smallest absolute Gasteiger partial charge is 0.307 e. The summed E-state index contributed by atoms with van der Waals surface area (Å²) in [5, 5.41) is 2.85. The fraction of sp³-hybridized carbons (Fsp3) is 0.192. The zero-order valence-corrected chi connectivity index (χ0v) is 19.4. The van der Waals surface area contributed by atoms with Crippen molar-refractivity contribution in [3.8, 4) is 5.75 Å². The Labute approximate surface area is 204 Å². The number of rotatable bonds is 8. The summed E-state index contributed by atoms with van der Waals surface area (Å²) in [6.45, 7) is 1.03. The Balaban J connectivity index is 1.63. The SMILES string of the molecule is COC(=O)C[C@H](NC(=O)c1c(C)nc2c(OCc3c(F)ccc(F)c3F)cccn12)c1ccccc1. The number of pyridine rings is 1.